The molecule has 130 valence electrons. The minimum absolute atomic E-state index is 0.00301. The maximum Gasteiger partial charge on any atom is 0.312 e. The van der Waals surface area contributed by atoms with Crippen molar-refractivity contribution < 1.29 is 14.4 Å². The molecule has 0 saturated heterocycles. The molecule has 25 heavy (non-hydrogen) atoms. The summed E-state index contributed by atoms with van der Waals surface area (Å²) in [5.41, 5.74) is 12.0. The van der Waals surface area contributed by atoms with Gasteiger partial charge >= 0.3 is 6.03 Å². The average Bonchev–Trinajstić information content (AvgIpc) is 2.54. The van der Waals surface area contributed by atoms with Crippen LogP contribution in [0.25, 0.3) is 0 Å². The number of amides is 4. The summed E-state index contributed by atoms with van der Waals surface area (Å²) in [5.74, 6) is -0.858. The highest BCUT2D eigenvalue weighted by Gasteiger charge is 2.18. The lowest BCUT2D eigenvalue weighted by Gasteiger charge is -2.18. The molecule has 7 nitrogen and oxygen atoms in total. The number of nitrogens with two attached hydrogens (primary N) is 2. The maximum absolute atomic E-state index is 12.3. The van der Waals surface area contributed by atoms with E-state index in [0.717, 1.165) is 10.0 Å². The molecule has 6 N–H and O–H groups in total. The molecule has 1 atom stereocenters. The molecule has 0 aliphatic rings. The maximum atomic E-state index is 12.3. The van der Waals surface area contributed by atoms with Crippen molar-refractivity contribution in [3.05, 3.63) is 64.1 Å². The van der Waals surface area contributed by atoms with Gasteiger partial charge in [-0.05, 0) is 42.0 Å². The van der Waals surface area contributed by atoms with Crippen LogP contribution in [0.2, 0.25) is 0 Å². The van der Waals surface area contributed by atoms with Gasteiger partial charge < -0.3 is 22.1 Å². The summed E-state index contributed by atoms with van der Waals surface area (Å²) in [6, 6.07) is 12.1. The number of anilines is 1. The van der Waals surface area contributed by atoms with E-state index in [0.29, 0.717) is 11.3 Å². The van der Waals surface area contributed by atoms with Crippen molar-refractivity contribution >= 4 is 39.5 Å². The molecular weight excluding hydrogens is 388 g/mol. The van der Waals surface area contributed by atoms with E-state index in [2.05, 4.69) is 26.6 Å². The van der Waals surface area contributed by atoms with E-state index in [9.17, 15) is 14.4 Å². The lowest BCUT2D eigenvalue weighted by Crippen LogP contribution is -2.35. The molecule has 0 bridgehead atoms. The van der Waals surface area contributed by atoms with Crippen LogP contribution >= 0.6 is 15.9 Å². The molecule has 0 aliphatic carbocycles. The van der Waals surface area contributed by atoms with Crippen molar-refractivity contribution in [2.45, 2.75) is 12.5 Å². The summed E-state index contributed by atoms with van der Waals surface area (Å²) in [4.78, 5) is 34.6. The van der Waals surface area contributed by atoms with Crippen molar-refractivity contribution in [1.82, 2.24) is 5.32 Å². The Balaban J connectivity index is 2.08. The van der Waals surface area contributed by atoms with Gasteiger partial charge in [0.05, 0.1) is 12.5 Å². The Hall–Kier alpha value is -2.87. The highest BCUT2D eigenvalue weighted by molar-refractivity contribution is 9.10. The summed E-state index contributed by atoms with van der Waals surface area (Å²) < 4.78 is 0.823. The molecule has 2 rings (SSSR count). The number of urea groups is 1. The molecule has 0 radical (unpaired) electrons. The molecule has 0 fully saturated rings. The van der Waals surface area contributed by atoms with Crippen LogP contribution in [0.1, 0.15) is 28.4 Å². The van der Waals surface area contributed by atoms with Gasteiger partial charge in [0.1, 0.15) is 0 Å². The fraction of sp³-hybridized carbons (Fsp3) is 0.118. The molecule has 8 heteroatoms. The normalized spacial score (nSPS) is 11.4. The monoisotopic (exact) mass is 404 g/mol. The quantitative estimate of drug-likeness (QED) is 0.589. The van der Waals surface area contributed by atoms with Crippen LogP contribution in [-0.2, 0) is 4.79 Å². The van der Waals surface area contributed by atoms with E-state index in [1.165, 1.54) is 12.1 Å². The first-order valence-corrected chi connectivity index (χ1v) is 8.15. The highest BCUT2D eigenvalue weighted by atomic mass is 79.9. The van der Waals surface area contributed by atoms with Gasteiger partial charge in [-0.15, -0.1) is 0 Å². The Morgan fingerprint density at radius 2 is 1.72 bits per heavy atom. The number of rotatable bonds is 6. The summed E-state index contributed by atoms with van der Waals surface area (Å²) >= 11 is 3.35. The van der Waals surface area contributed by atoms with E-state index < -0.39 is 18.0 Å². The zero-order valence-electron chi connectivity index (χ0n) is 13.2. The number of carbonyl (C=O) groups excluding carboxylic acids is 3. The van der Waals surface area contributed by atoms with Crippen molar-refractivity contribution in [3.8, 4) is 0 Å². The number of primary amides is 2. The van der Waals surface area contributed by atoms with Gasteiger partial charge in [0.15, 0.2) is 0 Å². The molecule has 2 aromatic rings. The molecule has 0 aliphatic heterocycles. The van der Waals surface area contributed by atoms with E-state index in [1.54, 1.807) is 30.3 Å². The van der Waals surface area contributed by atoms with Gasteiger partial charge in [-0.3, -0.25) is 9.59 Å². The third-order valence-corrected chi connectivity index (χ3v) is 3.90. The first-order valence-electron chi connectivity index (χ1n) is 7.36. The minimum Gasteiger partial charge on any atom is -0.366 e. The van der Waals surface area contributed by atoms with E-state index >= 15 is 0 Å². The summed E-state index contributed by atoms with van der Waals surface area (Å²) in [5, 5.41) is 5.26. The predicted octanol–water partition coefficient (Wildman–Crippen LogP) is 2.29. The second-order valence-electron chi connectivity index (χ2n) is 5.31. The molecule has 2 aromatic carbocycles. The summed E-state index contributed by atoms with van der Waals surface area (Å²) in [7, 11) is 0. The zero-order valence-corrected chi connectivity index (χ0v) is 14.7. The van der Waals surface area contributed by atoms with Crippen LogP contribution in [0.5, 0.6) is 0 Å². The number of nitrogens with one attached hydrogen (secondary N) is 2. The van der Waals surface area contributed by atoms with Crippen LogP contribution in [0.4, 0.5) is 10.5 Å². The number of halogens is 1. The number of hydrogen-bond donors (Lipinski definition) is 4. The smallest absolute Gasteiger partial charge is 0.312 e. The van der Waals surface area contributed by atoms with Gasteiger partial charge in [-0.1, -0.05) is 28.1 Å². The second-order valence-corrected chi connectivity index (χ2v) is 6.23. The van der Waals surface area contributed by atoms with Gasteiger partial charge in [0.25, 0.3) is 0 Å². The lowest BCUT2D eigenvalue weighted by atomic mass is 10.0. The van der Waals surface area contributed by atoms with Gasteiger partial charge in [-0.25, -0.2) is 4.79 Å². The lowest BCUT2D eigenvalue weighted by molar-refractivity contribution is -0.116. The van der Waals surface area contributed by atoms with Crippen molar-refractivity contribution in [2.75, 3.05) is 5.32 Å². The van der Waals surface area contributed by atoms with E-state index in [-0.39, 0.29) is 12.3 Å². The third-order valence-electron chi connectivity index (χ3n) is 3.41. The molecule has 0 saturated carbocycles. The first kappa shape index (κ1) is 18.5. The highest BCUT2D eigenvalue weighted by Crippen LogP contribution is 2.21. The van der Waals surface area contributed by atoms with Crippen LogP contribution < -0.4 is 22.1 Å². The van der Waals surface area contributed by atoms with Crippen LogP contribution in [0.3, 0.4) is 0 Å². The molecule has 4 amide bonds. The fourth-order valence-electron chi connectivity index (χ4n) is 2.26. The Kier molecular flexibility index (Phi) is 6.13. The van der Waals surface area contributed by atoms with E-state index in [4.69, 9.17) is 11.5 Å². The topological polar surface area (TPSA) is 127 Å². The summed E-state index contributed by atoms with van der Waals surface area (Å²) in [6.07, 6.45) is -0.00301. The molecule has 0 aromatic heterocycles. The Morgan fingerprint density at radius 3 is 2.28 bits per heavy atom. The Bertz CT molecular complexity index is 793. The van der Waals surface area contributed by atoms with Gasteiger partial charge in [-0.2, -0.15) is 0 Å². The van der Waals surface area contributed by atoms with Crippen LogP contribution in [0.15, 0.2) is 53.0 Å². The van der Waals surface area contributed by atoms with E-state index in [1.807, 2.05) is 6.07 Å². The molecule has 0 spiro atoms. The van der Waals surface area contributed by atoms with Gasteiger partial charge in [0.2, 0.25) is 11.8 Å². The fourth-order valence-corrected chi connectivity index (χ4v) is 2.68. The Labute approximate surface area is 152 Å². The van der Waals surface area contributed by atoms with Crippen LogP contribution in [0, 0.1) is 0 Å². The molecule has 1 unspecified atom stereocenters. The van der Waals surface area contributed by atoms with Crippen molar-refractivity contribution in [3.63, 3.8) is 0 Å². The largest absolute Gasteiger partial charge is 0.366 e. The SMILES string of the molecule is NC(=O)NC(CC(=O)Nc1ccc(C(N)=O)cc1)c1cccc(Br)c1. The standard InChI is InChI=1S/C17H17BrN4O3/c18-12-3-1-2-11(8-12)14(22-17(20)25)9-15(23)21-13-6-4-10(5-7-13)16(19)24/h1-8,14H,9H2,(H2,19,24)(H,21,23)(H3,20,22,25). The van der Waals surface area contributed by atoms with Crippen LogP contribution in [-0.4, -0.2) is 17.8 Å². The first-order chi connectivity index (χ1) is 11.8. The van der Waals surface area contributed by atoms with Crippen molar-refractivity contribution in [1.29, 1.82) is 0 Å². The number of carbonyl (C=O) groups is 3. The summed E-state index contributed by atoms with van der Waals surface area (Å²) in [6.45, 7) is 0. The zero-order chi connectivity index (χ0) is 18.4. The average molecular weight is 405 g/mol. The number of hydrogen-bond acceptors (Lipinski definition) is 3. The minimum atomic E-state index is -0.719. The Morgan fingerprint density at radius 1 is 1.04 bits per heavy atom. The molecule has 0 heterocycles. The number of benzene rings is 2. The van der Waals surface area contributed by atoms with Crippen molar-refractivity contribution in [2.24, 2.45) is 11.5 Å². The second kappa shape index (κ2) is 8.29. The predicted molar refractivity (Wildman–Crippen MR) is 97.8 cm³/mol. The third kappa shape index (κ3) is 5.61. The van der Waals surface area contributed by atoms with Gasteiger partial charge in [0, 0.05) is 15.7 Å². The molecular formula is C17H17BrN4O3.